The molecular weight excluding hydrogens is 611 g/mol. The van der Waals surface area contributed by atoms with Gasteiger partial charge in [0, 0.05) is 11.1 Å². The van der Waals surface area contributed by atoms with Crippen molar-refractivity contribution in [1.82, 2.24) is 9.97 Å². The zero-order valence-corrected chi connectivity index (χ0v) is 28.7. The molecule has 0 spiro atoms. The van der Waals surface area contributed by atoms with Gasteiger partial charge in [0.15, 0.2) is 0 Å². The van der Waals surface area contributed by atoms with Crippen molar-refractivity contribution in [2.24, 2.45) is 0 Å². The maximum Gasteiger partial charge on any atom is 0.494 e. The molecule has 9 rings (SSSR count). The van der Waals surface area contributed by atoms with Gasteiger partial charge >= 0.3 is 7.12 Å². The summed E-state index contributed by atoms with van der Waals surface area (Å²) in [6.07, 6.45) is 0. The average molecular weight is 649 g/mol. The first-order valence-electron chi connectivity index (χ1n) is 17.3. The molecule has 1 aliphatic rings. The van der Waals surface area contributed by atoms with Crippen LogP contribution in [0.15, 0.2) is 146 Å². The molecule has 1 N–H and O–H groups in total. The predicted molar refractivity (Wildman–Crippen MR) is 209 cm³/mol. The van der Waals surface area contributed by atoms with Crippen LogP contribution in [-0.2, 0) is 9.31 Å². The van der Waals surface area contributed by atoms with Crippen molar-refractivity contribution >= 4 is 45.2 Å². The molecule has 1 aliphatic heterocycles. The lowest BCUT2D eigenvalue weighted by atomic mass is 9.79. The second kappa shape index (κ2) is 11.6. The van der Waals surface area contributed by atoms with Crippen molar-refractivity contribution in [3.05, 3.63) is 146 Å². The maximum absolute atomic E-state index is 6.27. The van der Waals surface area contributed by atoms with E-state index in [0.29, 0.717) is 0 Å². The first-order chi connectivity index (χ1) is 24.3. The van der Waals surface area contributed by atoms with E-state index in [1.54, 1.807) is 0 Å². The Balaban J connectivity index is 1.09. The van der Waals surface area contributed by atoms with Gasteiger partial charge in [-0.2, -0.15) is 0 Å². The number of fused-ring (bicyclic) bond motifs is 3. The van der Waals surface area contributed by atoms with Gasteiger partial charge in [0.25, 0.3) is 0 Å². The van der Waals surface area contributed by atoms with Crippen molar-refractivity contribution in [2.75, 3.05) is 0 Å². The normalized spacial score (nSPS) is 15.3. The molecule has 0 atom stereocenters. The molecule has 2 heterocycles. The van der Waals surface area contributed by atoms with Crippen LogP contribution in [0.5, 0.6) is 0 Å². The minimum Gasteiger partial charge on any atom is -0.399 e. The highest BCUT2D eigenvalue weighted by molar-refractivity contribution is 6.62. The van der Waals surface area contributed by atoms with Gasteiger partial charge in [0.05, 0.1) is 22.2 Å². The van der Waals surface area contributed by atoms with Gasteiger partial charge in [0.1, 0.15) is 5.82 Å². The minimum atomic E-state index is -0.393. The van der Waals surface area contributed by atoms with Crippen LogP contribution in [0.3, 0.4) is 0 Å². The van der Waals surface area contributed by atoms with Crippen molar-refractivity contribution in [2.45, 2.75) is 38.9 Å². The molecule has 0 amide bonds. The zero-order valence-electron chi connectivity index (χ0n) is 28.7. The molecule has 242 valence electrons. The number of benzene rings is 7. The Morgan fingerprint density at radius 1 is 0.540 bits per heavy atom. The van der Waals surface area contributed by atoms with Crippen molar-refractivity contribution in [3.63, 3.8) is 0 Å². The summed E-state index contributed by atoms with van der Waals surface area (Å²) >= 11 is 0. The number of rotatable bonds is 5. The summed E-state index contributed by atoms with van der Waals surface area (Å²) in [7, 11) is -0.393. The van der Waals surface area contributed by atoms with Gasteiger partial charge in [0.2, 0.25) is 0 Å². The van der Waals surface area contributed by atoms with E-state index in [4.69, 9.17) is 14.3 Å². The van der Waals surface area contributed by atoms with Crippen LogP contribution in [0.25, 0.3) is 77.3 Å². The first-order valence-corrected chi connectivity index (χ1v) is 17.3. The standard InChI is InChI=1S/C45H37BN2O2/c1-44(2)45(3,4)50-46(49-44)35-26-24-32(25-27-35)43-47-39-19-11-18-38(42(39)48-43)30-20-22-31(23-21-30)40-37-16-9-8-14-33(37)28-34-15-10-17-36(41(34)40)29-12-6-5-7-13-29/h5-28H,1-4H3,(H,47,48). The van der Waals surface area contributed by atoms with Crippen LogP contribution in [-0.4, -0.2) is 28.3 Å². The SMILES string of the molecule is CC1(C)OB(c2ccc(-c3nc4c(-c5ccc(-c6c7ccccc7cc7cccc(-c8ccccc8)c67)cc5)cccc4[nH]3)cc2)OC1(C)C. The Morgan fingerprint density at radius 2 is 1.14 bits per heavy atom. The van der Waals surface area contributed by atoms with Gasteiger partial charge in [-0.15, -0.1) is 0 Å². The summed E-state index contributed by atoms with van der Waals surface area (Å²) in [4.78, 5) is 8.69. The van der Waals surface area contributed by atoms with Crippen molar-refractivity contribution in [3.8, 4) is 44.8 Å². The third kappa shape index (κ3) is 5.05. The molecule has 0 saturated carbocycles. The van der Waals surface area contributed by atoms with Crippen LogP contribution in [0.2, 0.25) is 0 Å². The predicted octanol–water partition coefficient (Wildman–Crippen LogP) is 10.8. The number of imidazole rings is 1. The molecule has 0 bridgehead atoms. The van der Waals surface area contributed by atoms with E-state index in [1.165, 1.54) is 43.8 Å². The van der Waals surface area contributed by atoms with E-state index >= 15 is 0 Å². The highest BCUT2D eigenvalue weighted by Gasteiger charge is 2.51. The van der Waals surface area contributed by atoms with Gasteiger partial charge in [-0.05, 0) is 94.7 Å². The van der Waals surface area contributed by atoms with Crippen LogP contribution >= 0.6 is 0 Å². The summed E-state index contributed by atoms with van der Waals surface area (Å²) < 4.78 is 12.5. The molecule has 0 radical (unpaired) electrons. The van der Waals surface area contributed by atoms with Gasteiger partial charge in [-0.25, -0.2) is 4.98 Å². The van der Waals surface area contributed by atoms with Gasteiger partial charge in [-0.1, -0.05) is 133 Å². The van der Waals surface area contributed by atoms with E-state index in [-0.39, 0.29) is 11.2 Å². The lowest BCUT2D eigenvalue weighted by Crippen LogP contribution is -2.41. The number of para-hydroxylation sites is 1. The highest BCUT2D eigenvalue weighted by Crippen LogP contribution is 2.42. The number of aromatic nitrogens is 2. The van der Waals surface area contributed by atoms with Crippen molar-refractivity contribution < 1.29 is 9.31 Å². The van der Waals surface area contributed by atoms with Crippen molar-refractivity contribution in [1.29, 1.82) is 0 Å². The molecule has 1 saturated heterocycles. The monoisotopic (exact) mass is 648 g/mol. The highest BCUT2D eigenvalue weighted by atomic mass is 16.7. The number of hydrogen-bond donors (Lipinski definition) is 1. The molecule has 1 aromatic heterocycles. The molecule has 5 heteroatoms. The number of aromatic amines is 1. The molecule has 1 fully saturated rings. The van der Waals surface area contributed by atoms with Gasteiger partial charge < -0.3 is 14.3 Å². The average Bonchev–Trinajstić information content (AvgIpc) is 3.67. The van der Waals surface area contributed by atoms with Crippen LogP contribution in [0.1, 0.15) is 27.7 Å². The van der Waals surface area contributed by atoms with E-state index < -0.39 is 7.12 Å². The largest absolute Gasteiger partial charge is 0.494 e. The second-order valence-electron chi connectivity index (χ2n) is 14.3. The Hall–Kier alpha value is -5.49. The van der Waals surface area contributed by atoms with E-state index in [2.05, 4.69) is 178 Å². The summed E-state index contributed by atoms with van der Waals surface area (Å²) in [5.41, 5.74) is 10.3. The summed E-state index contributed by atoms with van der Waals surface area (Å²) in [5, 5.41) is 5.00. The lowest BCUT2D eigenvalue weighted by molar-refractivity contribution is 0.00578. The fourth-order valence-electron chi connectivity index (χ4n) is 7.28. The number of nitrogens with zero attached hydrogens (tertiary/aromatic N) is 1. The third-order valence-electron chi connectivity index (χ3n) is 10.7. The Kier molecular flexibility index (Phi) is 7.06. The number of H-pyrrole nitrogens is 1. The Morgan fingerprint density at radius 3 is 1.90 bits per heavy atom. The number of hydrogen-bond acceptors (Lipinski definition) is 3. The van der Waals surface area contributed by atoms with Crippen LogP contribution in [0, 0.1) is 0 Å². The summed E-state index contributed by atoms with van der Waals surface area (Å²) in [5.74, 6) is 0.834. The summed E-state index contributed by atoms with van der Waals surface area (Å²) in [6.45, 7) is 8.31. The van der Waals surface area contributed by atoms with Crippen LogP contribution in [0.4, 0.5) is 0 Å². The molecule has 50 heavy (non-hydrogen) atoms. The first kappa shape index (κ1) is 30.6. The quantitative estimate of drug-likeness (QED) is 0.149. The van der Waals surface area contributed by atoms with Crippen LogP contribution < -0.4 is 5.46 Å². The molecular formula is C45H37BN2O2. The fraction of sp³-hybridized carbons (Fsp3) is 0.133. The second-order valence-corrected chi connectivity index (χ2v) is 14.3. The Labute approximate surface area is 292 Å². The molecule has 0 unspecified atom stereocenters. The Bertz CT molecular complexity index is 2520. The summed E-state index contributed by atoms with van der Waals surface area (Å²) in [6, 6.07) is 52.0. The van der Waals surface area contributed by atoms with E-state index in [9.17, 15) is 0 Å². The topological polar surface area (TPSA) is 47.1 Å². The minimum absolute atomic E-state index is 0.378. The fourth-order valence-corrected chi connectivity index (χ4v) is 7.28. The molecule has 4 nitrogen and oxygen atoms in total. The third-order valence-corrected chi connectivity index (χ3v) is 10.7. The maximum atomic E-state index is 6.27. The molecule has 7 aromatic carbocycles. The van der Waals surface area contributed by atoms with Gasteiger partial charge in [-0.3, -0.25) is 0 Å². The number of nitrogens with one attached hydrogen (secondary N) is 1. The smallest absolute Gasteiger partial charge is 0.399 e. The lowest BCUT2D eigenvalue weighted by Gasteiger charge is -2.32. The molecule has 8 aromatic rings. The zero-order chi connectivity index (χ0) is 34.0. The van der Waals surface area contributed by atoms with E-state index in [0.717, 1.165) is 39.0 Å². The van der Waals surface area contributed by atoms with E-state index in [1.807, 2.05) is 0 Å². The molecule has 0 aliphatic carbocycles.